The third-order valence-electron chi connectivity index (χ3n) is 4.04. The summed E-state index contributed by atoms with van der Waals surface area (Å²) in [7, 11) is 0. The molecule has 0 aliphatic carbocycles. The smallest absolute Gasteiger partial charge is 0.232 e. The van der Waals surface area contributed by atoms with E-state index in [0.29, 0.717) is 13.0 Å². The first-order valence-corrected chi connectivity index (χ1v) is 8.08. The summed E-state index contributed by atoms with van der Waals surface area (Å²) in [6.45, 7) is 8.71. The Morgan fingerprint density at radius 3 is 2.06 bits per heavy atom. The Morgan fingerprint density at radius 2 is 1.78 bits per heavy atom. The second-order valence-corrected chi connectivity index (χ2v) is 6.54. The van der Waals surface area contributed by atoms with E-state index in [9.17, 15) is 4.79 Å². The molecule has 0 aliphatic heterocycles. The van der Waals surface area contributed by atoms with Crippen molar-refractivity contribution < 1.29 is 4.79 Å². The van der Waals surface area contributed by atoms with Crippen LogP contribution in [0.25, 0.3) is 0 Å². The number of amides is 1. The Balaban J connectivity index is 4.72. The highest BCUT2D eigenvalue weighted by atomic mass is 32.2. The largest absolute Gasteiger partial charge is 0.392 e. The summed E-state index contributed by atoms with van der Waals surface area (Å²) in [5.41, 5.74) is 4.95. The molecule has 1 unspecified atom stereocenters. The Bertz CT molecular complexity index is 295. The molecule has 18 heavy (non-hydrogen) atoms. The molecule has 0 rings (SSSR count). The summed E-state index contributed by atoms with van der Waals surface area (Å²) in [6.07, 6.45) is 4.77. The molecule has 3 nitrogen and oxygen atoms in total. The van der Waals surface area contributed by atoms with Gasteiger partial charge in [0.1, 0.15) is 0 Å². The van der Waals surface area contributed by atoms with Crippen LogP contribution in [-0.2, 0) is 4.79 Å². The molecule has 0 saturated carbocycles. The molecule has 0 heterocycles. The molecule has 0 radical (unpaired) electrons. The van der Waals surface area contributed by atoms with Crippen molar-refractivity contribution in [3.63, 3.8) is 0 Å². The lowest BCUT2D eigenvalue weighted by molar-refractivity contribution is -0.127. The maximum absolute atomic E-state index is 12.2. The maximum Gasteiger partial charge on any atom is 0.232 e. The summed E-state index contributed by atoms with van der Waals surface area (Å²) < 4.78 is 0.112. The minimum atomic E-state index is -0.735. The van der Waals surface area contributed by atoms with Crippen molar-refractivity contribution in [1.29, 1.82) is 0 Å². The van der Waals surface area contributed by atoms with Crippen molar-refractivity contribution in [3.8, 4) is 0 Å². The maximum atomic E-state index is 12.2. The molecule has 0 saturated heterocycles. The second-order valence-electron chi connectivity index (χ2n) is 4.83. The molecule has 3 N–H and O–H groups in total. The first-order chi connectivity index (χ1) is 8.31. The molecule has 0 aliphatic rings. The number of carbonyl (C=O) groups excluding carboxylic acids is 1. The van der Waals surface area contributed by atoms with Gasteiger partial charge in [-0.3, -0.25) is 4.79 Å². The molecule has 0 aromatic heterocycles. The molecule has 0 spiro atoms. The molecule has 0 aromatic rings. The molecule has 0 fully saturated rings. The van der Waals surface area contributed by atoms with E-state index in [4.69, 9.17) is 18.0 Å². The van der Waals surface area contributed by atoms with Gasteiger partial charge in [-0.05, 0) is 32.4 Å². The zero-order valence-electron chi connectivity index (χ0n) is 12.1. The lowest BCUT2D eigenvalue weighted by atomic mass is 9.86. The molecule has 106 valence electrons. The summed E-state index contributed by atoms with van der Waals surface area (Å²) >= 11 is 6.82. The number of nitrogens with two attached hydrogens (primary N) is 1. The topological polar surface area (TPSA) is 55.1 Å². The number of hydrogen-bond donors (Lipinski definition) is 2. The molecular formula is C13H26N2OS2. The predicted octanol–water partition coefficient (Wildman–Crippen LogP) is 2.73. The highest BCUT2D eigenvalue weighted by molar-refractivity contribution is 8.00. The van der Waals surface area contributed by atoms with Crippen molar-refractivity contribution >= 4 is 34.9 Å². The van der Waals surface area contributed by atoms with Gasteiger partial charge < -0.3 is 11.1 Å². The summed E-state index contributed by atoms with van der Waals surface area (Å²) in [5, 5.41) is 3.02. The first kappa shape index (κ1) is 17.7. The van der Waals surface area contributed by atoms with Crippen LogP contribution in [0.1, 0.15) is 47.0 Å². The lowest BCUT2D eigenvalue weighted by Gasteiger charge is -2.32. The number of carbonyl (C=O) groups is 1. The molecule has 1 atom stereocenters. The van der Waals surface area contributed by atoms with Crippen molar-refractivity contribution in [2.24, 2.45) is 11.1 Å². The lowest BCUT2D eigenvalue weighted by Crippen LogP contribution is -2.50. The van der Waals surface area contributed by atoms with Gasteiger partial charge in [0.15, 0.2) is 0 Å². The minimum Gasteiger partial charge on any atom is -0.392 e. The Morgan fingerprint density at radius 1 is 1.28 bits per heavy atom. The summed E-state index contributed by atoms with van der Waals surface area (Å²) in [5.74, 6) is -0.0576. The van der Waals surface area contributed by atoms with E-state index >= 15 is 0 Å². The molecule has 0 bridgehead atoms. The number of nitrogens with one attached hydrogen (secondary N) is 1. The highest BCUT2D eigenvalue weighted by Crippen LogP contribution is 2.30. The van der Waals surface area contributed by atoms with Crippen LogP contribution < -0.4 is 11.1 Å². The van der Waals surface area contributed by atoms with Crippen LogP contribution in [0, 0.1) is 5.41 Å². The number of hydrogen-bond acceptors (Lipinski definition) is 3. The van der Waals surface area contributed by atoms with Gasteiger partial charge in [-0.1, -0.05) is 33.0 Å². The molecule has 5 heteroatoms. The standard InChI is InChI=1S/C13H26N2OS2/c1-6-12(4,10(14)17)11(16)15-9-13(7-2,8-3)18-5/h6-9H2,1-5H3,(H2,14,17)(H,15,16). The van der Waals surface area contributed by atoms with Crippen LogP contribution in [0.5, 0.6) is 0 Å². The number of thiocarbonyl (C=S) groups is 1. The molecule has 0 aromatic carbocycles. The van der Waals surface area contributed by atoms with E-state index in [2.05, 4.69) is 25.4 Å². The van der Waals surface area contributed by atoms with E-state index in [-0.39, 0.29) is 15.6 Å². The molecule has 1 amide bonds. The van der Waals surface area contributed by atoms with Crippen LogP contribution in [0.15, 0.2) is 0 Å². The summed E-state index contributed by atoms with van der Waals surface area (Å²) in [6, 6.07) is 0. The van der Waals surface area contributed by atoms with Gasteiger partial charge in [0.05, 0.1) is 10.4 Å². The predicted molar refractivity (Wildman–Crippen MR) is 85.0 cm³/mol. The highest BCUT2D eigenvalue weighted by Gasteiger charge is 2.36. The van der Waals surface area contributed by atoms with Crippen LogP contribution in [0.4, 0.5) is 0 Å². The Hall–Kier alpha value is -0.290. The normalized spacial score (nSPS) is 14.9. The fourth-order valence-electron chi connectivity index (χ4n) is 1.74. The van der Waals surface area contributed by atoms with E-state index in [1.165, 1.54) is 0 Å². The Labute approximate surface area is 121 Å². The Kier molecular flexibility index (Phi) is 7.22. The zero-order valence-corrected chi connectivity index (χ0v) is 13.8. The first-order valence-electron chi connectivity index (χ1n) is 6.45. The number of rotatable bonds is 8. The zero-order chi connectivity index (χ0) is 14.4. The van der Waals surface area contributed by atoms with Gasteiger partial charge in [-0.25, -0.2) is 0 Å². The van der Waals surface area contributed by atoms with Gasteiger partial charge in [-0.15, -0.1) is 0 Å². The van der Waals surface area contributed by atoms with Gasteiger partial charge in [0, 0.05) is 11.3 Å². The fourth-order valence-corrected chi connectivity index (χ4v) is 2.77. The summed E-state index contributed by atoms with van der Waals surface area (Å²) in [4.78, 5) is 12.5. The van der Waals surface area contributed by atoms with Crippen molar-refractivity contribution in [3.05, 3.63) is 0 Å². The van der Waals surface area contributed by atoms with Crippen molar-refractivity contribution in [2.45, 2.75) is 51.7 Å². The monoisotopic (exact) mass is 290 g/mol. The quantitative estimate of drug-likeness (QED) is 0.675. The van der Waals surface area contributed by atoms with E-state index < -0.39 is 5.41 Å². The van der Waals surface area contributed by atoms with Crippen LogP contribution in [0.2, 0.25) is 0 Å². The minimum absolute atomic E-state index is 0.0576. The third-order valence-corrected chi connectivity index (χ3v) is 6.08. The molecular weight excluding hydrogens is 264 g/mol. The van der Waals surface area contributed by atoms with Gasteiger partial charge >= 0.3 is 0 Å². The fraction of sp³-hybridized carbons (Fsp3) is 0.846. The van der Waals surface area contributed by atoms with Gasteiger partial charge in [0.2, 0.25) is 5.91 Å². The van der Waals surface area contributed by atoms with E-state index in [1.807, 2.05) is 25.6 Å². The van der Waals surface area contributed by atoms with Crippen LogP contribution in [0.3, 0.4) is 0 Å². The van der Waals surface area contributed by atoms with E-state index in [0.717, 1.165) is 12.8 Å². The van der Waals surface area contributed by atoms with Crippen LogP contribution >= 0.6 is 24.0 Å². The van der Waals surface area contributed by atoms with Gasteiger partial charge in [-0.2, -0.15) is 11.8 Å². The van der Waals surface area contributed by atoms with Gasteiger partial charge in [0.25, 0.3) is 0 Å². The average molecular weight is 290 g/mol. The average Bonchev–Trinajstić information content (AvgIpc) is 2.39. The van der Waals surface area contributed by atoms with Crippen molar-refractivity contribution in [1.82, 2.24) is 5.32 Å². The van der Waals surface area contributed by atoms with Crippen molar-refractivity contribution in [2.75, 3.05) is 12.8 Å². The third kappa shape index (κ3) is 3.85. The number of thioether (sulfide) groups is 1. The van der Waals surface area contributed by atoms with Crippen LogP contribution in [-0.4, -0.2) is 28.4 Å². The second kappa shape index (κ2) is 7.34. The SMILES string of the molecule is CCC(CC)(CNC(=O)C(C)(CC)C(N)=S)SC. The van der Waals surface area contributed by atoms with E-state index in [1.54, 1.807) is 0 Å².